The lowest BCUT2D eigenvalue weighted by molar-refractivity contribution is -0.118. The first kappa shape index (κ1) is 15.1. The second-order valence-corrected chi connectivity index (χ2v) is 5.09. The lowest BCUT2D eigenvalue weighted by Gasteiger charge is -2.07. The molecule has 2 rings (SSSR count). The van der Waals surface area contributed by atoms with Gasteiger partial charge in [-0.3, -0.25) is 4.79 Å². The van der Waals surface area contributed by atoms with Crippen molar-refractivity contribution in [2.75, 3.05) is 11.9 Å². The Hall–Kier alpha value is -2.34. The molecule has 0 bridgehead atoms. The number of benzene rings is 2. The minimum Gasteiger partial charge on any atom is -0.484 e. The van der Waals surface area contributed by atoms with Crippen molar-refractivity contribution in [3.05, 3.63) is 58.6 Å². The van der Waals surface area contributed by atoms with Crippen LogP contribution in [0.4, 0.5) is 5.69 Å². The van der Waals surface area contributed by atoms with E-state index in [-0.39, 0.29) is 18.1 Å². The Bertz CT molecular complexity index is 638. The highest BCUT2D eigenvalue weighted by Gasteiger charge is 2.06. The van der Waals surface area contributed by atoms with Crippen LogP contribution in [0, 0.1) is 0 Å². The summed E-state index contributed by atoms with van der Waals surface area (Å²) in [4.78, 5) is 22.4. The standard InChI is InChI=1S/C15H12BrNO4/c16-11-3-7-13(8-4-11)21-9-14(18)17-12-5-1-10(2-6-12)15(19)20/h1-8H,9H2,(H,17,18)(H,19,20). The zero-order valence-electron chi connectivity index (χ0n) is 10.9. The summed E-state index contributed by atoms with van der Waals surface area (Å²) < 4.78 is 6.26. The largest absolute Gasteiger partial charge is 0.484 e. The number of nitrogens with one attached hydrogen (secondary N) is 1. The molecule has 0 saturated carbocycles. The summed E-state index contributed by atoms with van der Waals surface area (Å²) >= 11 is 3.31. The van der Waals surface area contributed by atoms with E-state index in [0.717, 1.165) is 4.47 Å². The van der Waals surface area contributed by atoms with Crippen LogP contribution in [-0.4, -0.2) is 23.6 Å². The molecule has 2 N–H and O–H groups in total. The van der Waals surface area contributed by atoms with E-state index in [9.17, 15) is 9.59 Å². The first-order valence-electron chi connectivity index (χ1n) is 6.06. The summed E-state index contributed by atoms with van der Waals surface area (Å²) in [7, 11) is 0. The summed E-state index contributed by atoms with van der Waals surface area (Å²) in [5.74, 6) is -0.734. The summed E-state index contributed by atoms with van der Waals surface area (Å²) in [5.41, 5.74) is 0.684. The van der Waals surface area contributed by atoms with E-state index in [1.807, 2.05) is 12.1 Å². The van der Waals surface area contributed by atoms with E-state index in [1.165, 1.54) is 24.3 Å². The van der Waals surface area contributed by atoms with Gasteiger partial charge in [0.25, 0.3) is 5.91 Å². The molecule has 0 saturated heterocycles. The lowest BCUT2D eigenvalue weighted by Crippen LogP contribution is -2.20. The van der Waals surface area contributed by atoms with E-state index < -0.39 is 5.97 Å². The van der Waals surface area contributed by atoms with Crippen LogP contribution in [0.2, 0.25) is 0 Å². The fourth-order valence-electron chi connectivity index (χ4n) is 1.57. The number of hydrogen-bond donors (Lipinski definition) is 2. The molecular weight excluding hydrogens is 338 g/mol. The molecule has 2 aromatic carbocycles. The van der Waals surface area contributed by atoms with Crippen molar-refractivity contribution in [1.29, 1.82) is 0 Å². The Labute approximate surface area is 129 Å². The molecule has 0 spiro atoms. The second-order valence-electron chi connectivity index (χ2n) is 4.17. The quantitative estimate of drug-likeness (QED) is 0.869. The number of carbonyl (C=O) groups is 2. The lowest BCUT2D eigenvalue weighted by atomic mass is 10.2. The number of ether oxygens (including phenoxy) is 1. The monoisotopic (exact) mass is 349 g/mol. The molecule has 0 radical (unpaired) electrons. The van der Waals surface area contributed by atoms with Crippen molar-refractivity contribution >= 4 is 33.5 Å². The van der Waals surface area contributed by atoms with Crippen LogP contribution in [-0.2, 0) is 4.79 Å². The Morgan fingerprint density at radius 1 is 1.05 bits per heavy atom. The van der Waals surface area contributed by atoms with Crippen molar-refractivity contribution in [2.24, 2.45) is 0 Å². The van der Waals surface area contributed by atoms with E-state index in [1.54, 1.807) is 12.1 Å². The predicted molar refractivity (Wildman–Crippen MR) is 81.7 cm³/mol. The van der Waals surface area contributed by atoms with Gasteiger partial charge in [0.1, 0.15) is 5.75 Å². The fourth-order valence-corrected chi connectivity index (χ4v) is 1.84. The first-order chi connectivity index (χ1) is 10.0. The van der Waals surface area contributed by atoms with Crippen LogP contribution in [0.15, 0.2) is 53.0 Å². The number of aromatic carboxylic acids is 1. The molecule has 0 unspecified atom stereocenters. The Kier molecular flexibility index (Phi) is 4.94. The third-order valence-electron chi connectivity index (χ3n) is 2.60. The SMILES string of the molecule is O=C(COc1ccc(Br)cc1)Nc1ccc(C(=O)O)cc1. The van der Waals surface area contributed by atoms with Gasteiger partial charge >= 0.3 is 5.97 Å². The predicted octanol–water partition coefficient (Wildman–Crippen LogP) is 3.16. The zero-order chi connectivity index (χ0) is 15.2. The average molecular weight is 350 g/mol. The molecule has 0 aromatic heterocycles. The Morgan fingerprint density at radius 2 is 1.67 bits per heavy atom. The maximum Gasteiger partial charge on any atom is 0.335 e. The number of carbonyl (C=O) groups excluding carboxylic acids is 1. The number of anilines is 1. The second kappa shape index (κ2) is 6.90. The van der Waals surface area contributed by atoms with Crippen molar-refractivity contribution < 1.29 is 19.4 Å². The highest BCUT2D eigenvalue weighted by Crippen LogP contribution is 2.16. The Morgan fingerprint density at radius 3 is 2.24 bits per heavy atom. The molecule has 2 aromatic rings. The van der Waals surface area contributed by atoms with Crippen LogP contribution in [0.5, 0.6) is 5.75 Å². The molecule has 0 heterocycles. The van der Waals surface area contributed by atoms with Gasteiger partial charge in [0.05, 0.1) is 5.56 Å². The highest BCUT2D eigenvalue weighted by molar-refractivity contribution is 9.10. The summed E-state index contributed by atoms with van der Waals surface area (Å²) in [5, 5.41) is 11.4. The average Bonchev–Trinajstić information content (AvgIpc) is 2.47. The molecule has 6 heteroatoms. The summed E-state index contributed by atoms with van der Waals surface area (Å²) in [6.07, 6.45) is 0. The van der Waals surface area contributed by atoms with Crippen molar-refractivity contribution in [2.45, 2.75) is 0 Å². The number of carboxylic acids is 1. The number of carboxylic acid groups (broad SMARTS) is 1. The van der Waals surface area contributed by atoms with Gasteiger partial charge in [-0.1, -0.05) is 15.9 Å². The molecule has 0 aliphatic carbocycles. The van der Waals surface area contributed by atoms with Gasteiger partial charge in [0.15, 0.2) is 6.61 Å². The van der Waals surface area contributed by atoms with E-state index in [4.69, 9.17) is 9.84 Å². The van der Waals surface area contributed by atoms with Gasteiger partial charge in [-0.2, -0.15) is 0 Å². The van der Waals surface area contributed by atoms with Crippen LogP contribution in [0.25, 0.3) is 0 Å². The molecule has 5 nitrogen and oxygen atoms in total. The van der Waals surface area contributed by atoms with Gasteiger partial charge in [-0.15, -0.1) is 0 Å². The van der Waals surface area contributed by atoms with Gasteiger partial charge in [0.2, 0.25) is 0 Å². The van der Waals surface area contributed by atoms with Crippen molar-refractivity contribution in [1.82, 2.24) is 0 Å². The minimum atomic E-state index is -1.01. The molecule has 1 amide bonds. The van der Waals surface area contributed by atoms with Crippen LogP contribution >= 0.6 is 15.9 Å². The third-order valence-corrected chi connectivity index (χ3v) is 3.13. The number of hydrogen-bond acceptors (Lipinski definition) is 3. The summed E-state index contributed by atoms with van der Waals surface area (Å²) in [6, 6.07) is 13.0. The summed E-state index contributed by atoms with van der Waals surface area (Å²) in [6.45, 7) is -0.123. The molecular formula is C15H12BrNO4. The van der Waals surface area contributed by atoms with E-state index in [0.29, 0.717) is 11.4 Å². The van der Waals surface area contributed by atoms with Crippen LogP contribution in [0.3, 0.4) is 0 Å². The first-order valence-corrected chi connectivity index (χ1v) is 6.85. The molecule has 21 heavy (non-hydrogen) atoms. The van der Waals surface area contributed by atoms with Gasteiger partial charge in [0, 0.05) is 10.2 Å². The zero-order valence-corrected chi connectivity index (χ0v) is 12.5. The van der Waals surface area contributed by atoms with Crippen LogP contribution < -0.4 is 10.1 Å². The highest BCUT2D eigenvalue weighted by atomic mass is 79.9. The fraction of sp³-hybridized carbons (Fsp3) is 0.0667. The molecule has 108 valence electrons. The van der Waals surface area contributed by atoms with E-state index >= 15 is 0 Å². The van der Waals surface area contributed by atoms with Crippen LogP contribution in [0.1, 0.15) is 10.4 Å². The molecule has 0 atom stereocenters. The number of halogens is 1. The van der Waals surface area contributed by atoms with Gasteiger partial charge in [-0.05, 0) is 48.5 Å². The van der Waals surface area contributed by atoms with Crippen molar-refractivity contribution in [3.63, 3.8) is 0 Å². The molecule has 0 aliphatic rings. The maximum absolute atomic E-state index is 11.7. The normalized spacial score (nSPS) is 9.95. The number of rotatable bonds is 5. The Balaban J connectivity index is 1.86. The van der Waals surface area contributed by atoms with Crippen molar-refractivity contribution in [3.8, 4) is 5.75 Å². The van der Waals surface area contributed by atoms with E-state index in [2.05, 4.69) is 21.2 Å². The third kappa shape index (κ3) is 4.61. The topological polar surface area (TPSA) is 75.6 Å². The minimum absolute atomic E-state index is 0.123. The van der Waals surface area contributed by atoms with Gasteiger partial charge < -0.3 is 15.2 Å². The molecule has 0 fully saturated rings. The van der Waals surface area contributed by atoms with Gasteiger partial charge in [-0.25, -0.2) is 4.79 Å². The maximum atomic E-state index is 11.7. The smallest absolute Gasteiger partial charge is 0.335 e. The molecule has 0 aliphatic heterocycles. The number of amides is 1.